The number of hydrogen-bond acceptors (Lipinski definition) is 7. The topological polar surface area (TPSA) is 75.6 Å². The van der Waals surface area contributed by atoms with Gasteiger partial charge >= 0.3 is 0 Å². The molecule has 0 atom stereocenters. The highest BCUT2D eigenvalue weighted by molar-refractivity contribution is 7.98. The van der Waals surface area contributed by atoms with Crippen LogP contribution in [-0.2, 0) is 5.75 Å². The molecule has 0 N–H and O–H groups in total. The average Bonchev–Trinajstić information content (AvgIpc) is 3.19. The van der Waals surface area contributed by atoms with Gasteiger partial charge in [-0.2, -0.15) is 10.4 Å². The molecule has 7 heteroatoms. The molecule has 0 spiro atoms. The van der Waals surface area contributed by atoms with Crippen LogP contribution in [0.1, 0.15) is 22.5 Å². The summed E-state index contributed by atoms with van der Waals surface area (Å²) in [6.07, 6.45) is 3.31. The zero-order valence-corrected chi connectivity index (χ0v) is 13.7. The van der Waals surface area contributed by atoms with Crippen molar-refractivity contribution in [1.82, 2.24) is 15.2 Å². The first-order valence-corrected chi connectivity index (χ1v) is 8.39. The zero-order valence-electron chi connectivity index (χ0n) is 12.0. The van der Waals surface area contributed by atoms with E-state index in [9.17, 15) is 5.26 Å². The number of furan rings is 1. The van der Waals surface area contributed by atoms with Crippen LogP contribution in [0.25, 0.3) is 10.6 Å². The number of nitrogens with zero attached hydrogens (tertiary/aromatic N) is 4. The second-order valence-corrected chi connectivity index (χ2v) is 6.47. The van der Waals surface area contributed by atoms with Crippen LogP contribution in [0, 0.1) is 25.2 Å². The quantitative estimate of drug-likeness (QED) is 0.674. The summed E-state index contributed by atoms with van der Waals surface area (Å²) in [5, 5.41) is 21.1. The predicted octanol–water partition coefficient (Wildman–Crippen LogP) is 3.97. The van der Waals surface area contributed by atoms with E-state index in [1.807, 2.05) is 25.3 Å². The Morgan fingerprint density at radius 2 is 2.23 bits per heavy atom. The van der Waals surface area contributed by atoms with Gasteiger partial charge in [0.1, 0.15) is 22.4 Å². The van der Waals surface area contributed by atoms with Crippen LogP contribution in [0.3, 0.4) is 0 Å². The van der Waals surface area contributed by atoms with Crippen molar-refractivity contribution < 1.29 is 4.42 Å². The fourth-order valence-electron chi connectivity index (χ4n) is 1.85. The van der Waals surface area contributed by atoms with Crippen molar-refractivity contribution >= 4 is 23.1 Å². The van der Waals surface area contributed by atoms with E-state index in [-0.39, 0.29) is 0 Å². The van der Waals surface area contributed by atoms with Gasteiger partial charge in [0.2, 0.25) is 0 Å². The van der Waals surface area contributed by atoms with Gasteiger partial charge < -0.3 is 4.42 Å². The van der Waals surface area contributed by atoms with Gasteiger partial charge in [0.15, 0.2) is 0 Å². The monoisotopic (exact) mass is 328 g/mol. The fourth-order valence-corrected chi connectivity index (χ4v) is 3.64. The first-order chi connectivity index (χ1) is 10.7. The van der Waals surface area contributed by atoms with Gasteiger partial charge in [-0.3, -0.25) is 0 Å². The summed E-state index contributed by atoms with van der Waals surface area (Å²) in [6.45, 7) is 3.75. The van der Waals surface area contributed by atoms with Gasteiger partial charge in [0.25, 0.3) is 0 Å². The number of aryl methyl sites for hydroxylation is 1. The summed E-state index contributed by atoms with van der Waals surface area (Å²) >= 11 is 3.06. The third-order valence-corrected chi connectivity index (χ3v) is 5.15. The highest BCUT2D eigenvalue weighted by atomic mass is 32.2. The lowest BCUT2D eigenvalue weighted by Crippen LogP contribution is -1.99. The highest BCUT2D eigenvalue weighted by Gasteiger charge is 2.13. The van der Waals surface area contributed by atoms with Crippen molar-refractivity contribution in [3.8, 4) is 16.6 Å². The summed E-state index contributed by atoms with van der Waals surface area (Å²) in [4.78, 5) is 4.57. The van der Waals surface area contributed by atoms with Gasteiger partial charge in [0, 0.05) is 16.7 Å². The summed E-state index contributed by atoms with van der Waals surface area (Å²) in [7, 11) is 0. The number of hydrogen-bond donors (Lipinski definition) is 0. The van der Waals surface area contributed by atoms with Gasteiger partial charge in [-0.25, -0.2) is 4.98 Å². The largest absolute Gasteiger partial charge is 0.472 e. The predicted molar refractivity (Wildman–Crippen MR) is 85.6 cm³/mol. The molecule has 0 radical (unpaired) electrons. The molecular formula is C15H12N4OS2. The van der Waals surface area contributed by atoms with Gasteiger partial charge in [-0.15, -0.1) is 16.4 Å². The summed E-state index contributed by atoms with van der Waals surface area (Å²) in [6, 6.07) is 4.10. The second-order valence-electron chi connectivity index (χ2n) is 4.65. The molecule has 0 amide bonds. The first-order valence-electron chi connectivity index (χ1n) is 6.52. The van der Waals surface area contributed by atoms with Crippen LogP contribution in [0.2, 0.25) is 0 Å². The van der Waals surface area contributed by atoms with Crippen LogP contribution in [0.5, 0.6) is 0 Å². The Bertz CT molecular complexity index is 834. The van der Waals surface area contributed by atoms with Crippen molar-refractivity contribution in [1.29, 1.82) is 5.26 Å². The number of aromatic nitrogens is 3. The van der Waals surface area contributed by atoms with E-state index in [0.717, 1.165) is 27.5 Å². The molecule has 3 rings (SSSR count). The molecule has 3 aromatic rings. The minimum absolute atomic E-state index is 0.600. The molecule has 0 aromatic carbocycles. The van der Waals surface area contributed by atoms with Crippen LogP contribution in [-0.4, -0.2) is 15.2 Å². The number of rotatable bonds is 4. The maximum atomic E-state index is 9.29. The maximum absolute atomic E-state index is 9.29. The van der Waals surface area contributed by atoms with Gasteiger partial charge in [-0.05, 0) is 25.5 Å². The molecule has 3 aromatic heterocycles. The molecule has 3 heterocycles. The lowest BCUT2D eigenvalue weighted by atomic mass is 10.1. The average molecular weight is 328 g/mol. The van der Waals surface area contributed by atoms with Crippen molar-refractivity contribution in [3.63, 3.8) is 0 Å². The first kappa shape index (κ1) is 14.8. The van der Waals surface area contributed by atoms with Crippen LogP contribution in [0.4, 0.5) is 0 Å². The summed E-state index contributed by atoms with van der Waals surface area (Å²) in [5.41, 5.74) is 4.21. The lowest BCUT2D eigenvalue weighted by molar-refractivity contribution is 0.568. The van der Waals surface area contributed by atoms with E-state index in [1.165, 1.54) is 11.8 Å². The maximum Gasteiger partial charge on any atom is 0.137 e. The third-order valence-electron chi connectivity index (χ3n) is 3.21. The number of thiazole rings is 1. The van der Waals surface area contributed by atoms with E-state index < -0.39 is 0 Å². The van der Waals surface area contributed by atoms with E-state index in [2.05, 4.69) is 21.3 Å². The Hall–Kier alpha value is -2.17. The van der Waals surface area contributed by atoms with Gasteiger partial charge in [-0.1, -0.05) is 11.8 Å². The van der Waals surface area contributed by atoms with E-state index in [0.29, 0.717) is 16.3 Å². The van der Waals surface area contributed by atoms with Crippen molar-refractivity contribution in [2.75, 3.05) is 0 Å². The minimum atomic E-state index is 0.600. The molecular weight excluding hydrogens is 316 g/mol. The fraction of sp³-hybridized carbons (Fsp3) is 0.200. The van der Waals surface area contributed by atoms with Gasteiger partial charge in [0.05, 0.1) is 23.2 Å². The number of thioether (sulfide) groups is 1. The minimum Gasteiger partial charge on any atom is -0.472 e. The van der Waals surface area contributed by atoms with Crippen LogP contribution >= 0.6 is 23.1 Å². The van der Waals surface area contributed by atoms with Crippen LogP contribution in [0.15, 0.2) is 33.4 Å². The lowest BCUT2D eigenvalue weighted by Gasteiger charge is -2.05. The third kappa shape index (κ3) is 2.89. The molecule has 0 aliphatic carbocycles. The Kier molecular flexibility index (Phi) is 4.22. The Labute approximate surface area is 136 Å². The Morgan fingerprint density at radius 1 is 1.36 bits per heavy atom. The smallest absolute Gasteiger partial charge is 0.137 e. The Balaban J connectivity index is 1.76. The summed E-state index contributed by atoms with van der Waals surface area (Å²) in [5.74, 6) is 0.653. The standard InChI is InChI=1S/C15H12N4OS2/c1-9-10(2)18-19-15(13(9)5-16)22-8-12-7-21-14(17-12)11-3-4-20-6-11/h3-4,6-7H,8H2,1-2H3. The second kappa shape index (κ2) is 6.30. The molecule has 110 valence electrons. The summed E-state index contributed by atoms with van der Waals surface area (Å²) < 4.78 is 5.07. The van der Waals surface area contributed by atoms with E-state index >= 15 is 0 Å². The SMILES string of the molecule is Cc1nnc(SCc2csc(-c3ccoc3)n2)c(C#N)c1C. The van der Waals surface area contributed by atoms with Crippen molar-refractivity contribution in [3.05, 3.63) is 46.5 Å². The zero-order chi connectivity index (χ0) is 15.5. The molecule has 0 bridgehead atoms. The van der Waals surface area contributed by atoms with Crippen molar-refractivity contribution in [2.45, 2.75) is 24.6 Å². The molecule has 5 nitrogen and oxygen atoms in total. The molecule has 0 fully saturated rings. The normalized spacial score (nSPS) is 10.6. The van der Waals surface area contributed by atoms with Crippen molar-refractivity contribution in [2.24, 2.45) is 0 Å². The molecule has 0 unspecified atom stereocenters. The van der Waals surface area contributed by atoms with E-state index in [1.54, 1.807) is 23.9 Å². The Morgan fingerprint density at radius 3 is 2.95 bits per heavy atom. The number of nitriles is 1. The molecule has 0 aliphatic rings. The van der Waals surface area contributed by atoms with E-state index in [4.69, 9.17) is 4.42 Å². The highest BCUT2D eigenvalue weighted by Crippen LogP contribution is 2.29. The molecule has 0 saturated carbocycles. The molecule has 22 heavy (non-hydrogen) atoms. The van der Waals surface area contributed by atoms with Crippen LogP contribution < -0.4 is 0 Å². The molecule has 0 saturated heterocycles. The molecule has 0 aliphatic heterocycles.